The third kappa shape index (κ3) is 4.86. The molecule has 2 aromatic rings. The molecular weight excluding hydrogens is 472 g/mol. The smallest absolute Gasteiger partial charge is 0.328 e. The molecule has 9 nitrogen and oxygen atoms in total. The van der Waals surface area contributed by atoms with Gasteiger partial charge in [0.2, 0.25) is 0 Å². The Kier molecular flexibility index (Phi) is 7.08. The number of halogens is 1. The first kappa shape index (κ1) is 24.7. The maximum atomic E-state index is 13.5. The van der Waals surface area contributed by atoms with Crippen molar-refractivity contribution in [2.75, 3.05) is 11.9 Å². The number of nitrogens with one attached hydrogen (secondary N) is 1. The van der Waals surface area contributed by atoms with Gasteiger partial charge in [-0.25, -0.2) is 8.42 Å². The van der Waals surface area contributed by atoms with Gasteiger partial charge in [-0.15, -0.1) is 0 Å². The standard InChI is InChI=1S/C22H23ClN2O7S/c1-14-5-7-17(11-15(14)2)33(30,31)22(9-3-4-10-22)21(27)32-13-20(26)24-16-6-8-18(23)19(12-16)25(28)29/h5-8,11-12H,3-4,9-10,13H2,1-2H3,(H,24,26). The van der Waals surface area contributed by atoms with E-state index < -0.39 is 43.7 Å². The number of benzene rings is 2. The summed E-state index contributed by atoms with van der Waals surface area (Å²) in [4.78, 5) is 35.6. The fraction of sp³-hybridized carbons (Fsp3) is 0.364. The molecule has 33 heavy (non-hydrogen) atoms. The van der Waals surface area contributed by atoms with E-state index in [0.29, 0.717) is 12.8 Å². The Balaban J connectivity index is 1.76. The number of sulfone groups is 1. The molecular formula is C22H23ClN2O7S. The molecule has 0 unspecified atom stereocenters. The van der Waals surface area contributed by atoms with E-state index in [1.165, 1.54) is 24.3 Å². The van der Waals surface area contributed by atoms with Crippen LogP contribution in [0, 0.1) is 24.0 Å². The van der Waals surface area contributed by atoms with E-state index in [0.717, 1.165) is 17.2 Å². The Morgan fingerprint density at radius 1 is 1.12 bits per heavy atom. The molecule has 1 aliphatic carbocycles. The fourth-order valence-corrected chi connectivity index (χ4v) is 6.15. The Morgan fingerprint density at radius 2 is 1.79 bits per heavy atom. The number of nitro benzene ring substituents is 1. The van der Waals surface area contributed by atoms with Crippen molar-refractivity contribution in [3.05, 3.63) is 62.7 Å². The molecule has 2 aromatic carbocycles. The number of hydrogen-bond donors (Lipinski definition) is 1. The molecule has 1 N–H and O–H groups in total. The summed E-state index contributed by atoms with van der Waals surface area (Å²) >= 11 is 5.75. The molecule has 0 radical (unpaired) electrons. The summed E-state index contributed by atoms with van der Waals surface area (Å²) in [6.07, 6.45) is 1.29. The van der Waals surface area contributed by atoms with Crippen LogP contribution in [0.3, 0.4) is 0 Å². The molecule has 1 fully saturated rings. The van der Waals surface area contributed by atoms with Crippen molar-refractivity contribution in [3.63, 3.8) is 0 Å². The van der Waals surface area contributed by atoms with Crippen molar-refractivity contribution in [2.45, 2.75) is 49.2 Å². The van der Waals surface area contributed by atoms with Crippen molar-refractivity contribution in [1.82, 2.24) is 0 Å². The summed E-state index contributed by atoms with van der Waals surface area (Å²) in [5.74, 6) is -1.74. The normalized spacial score (nSPS) is 15.1. The van der Waals surface area contributed by atoms with Gasteiger partial charge in [-0.3, -0.25) is 19.7 Å². The van der Waals surface area contributed by atoms with Crippen LogP contribution in [0.25, 0.3) is 0 Å². The fourth-order valence-electron chi connectivity index (χ4n) is 3.83. The van der Waals surface area contributed by atoms with Crippen molar-refractivity contribution in [3.8, 4) is 0 Å². The molecule has 1 amide bonds. The molecule has 0 spiro atoms. The van der Waals surface area contributed by atoms with Gasteiger partial charge in [-0.1, -0.05) is 30.5 Å². The number of amides is 1. The monoisotopic (exact) mass is 494 g/mol. The lowest BCUT2D eigenvalue weighted by molar-refractivity contribution is -0.384. The predicted octanol–water partition coefficient (Wildman–Crippen LogP) is 4.13. The second-order valence-corrected chi connectivity index (χ2v) is 10.7. The van der Waals surface area contributed by atoms with Crippen molar-refractivity contribution < 1.29 is 27.7 Å². The molecule has 0 aromatic heterocycles. The zero-order valence-corrected chi connectivity index (χ0v) is 19.7. The molecule has 0 bridgehead atoms. The zero-order valence-electron chi connectivity index (χ0n) is 18.1. The number of anilines is 1. The molecule has 0 saturated heterocycles. The maximum Gasteiger partial charge on any atom is 0.328 e. The predicted molar refractivity (Wildman–Crippen MR) is 122 cm³/mol. The van der Waals surface area contributed by atoms with Crippen LogP contribution in [-0.2, 0) is 24.2 Å². The minimum absolute atomic E-state index is 0.0439. The van der Waals surface area contributed by atoms with Crippen LogP contribution in [0.1, 0.15) is 36.8 Å². The number of carbonyl (C=O) groups excluding carboxylic acids is 2. The molecule has 11 heteroatoms. The third-order valence-electron chi connectivity index (χ3n) is 5.85. The summed E-state index contributed by atoms with van der Waals surface area (Å²) < 4.78 is 30.3. The number of carbonyl (C=O) groups is 2. The highest BCUT2D eigenvalue weighted by Crippen LogP contribution is 2.42. The first-order valence-corrected chi connectivity index (χ1v) is 12.1. The van der Waals surface area contributed by atoms with E-state index in [4.69, 9.17) is 16.3 Å². The third-order valence-corrected chi connectivity index (χ3v) is 8.65. The summed E-state index contributed by atoms with van der Waals surface area (Å²) in [5.41, 5.74) is 1.41. The zero-order chi connectivity index (χ0) is 24.4. The van der Waals surface area contributed by atoms with Crippen LogP contribution in [0.2, 0.25) is 5.02 Å². The largest absolute Gasteiger partial charge is 0.454 e. The Labute approximate surface area is 196 Å². The summed E-state index contributed by atoms with van der Waals surface area (Å²) in [6.45, 7) is 2.91. The molecule has 0 heterocycles. The van der Waals surface area contributed by atoms with Crippen LogP contribution in [0.4, 0.5) is 11.4 Å². The summed E-state index contributed by atoms with van der Waals surface area (Å²) in [6, 6.07) is 8.39. The van der Waals surface area contributed by atoms with Gasteiger partial charge < -0.3 is 10.1 Å². The molecule has 3 rings (SSSR count). The SMILES string of the molecule is Cc1ccc(S(=O)(=O)C2(C(=O)OCC(=O)Nc3ccc(Cl)c([N+](=O)[O-])c3)CCCC2)cc1C. The molecule has 0 atom stereocenters. The number of nitro groups is 1. The van der Waals surface area contributed by atoms with Gasteiger partial charge in [-0.2, -0.15) is 0 Å². The molecule has 1 saturated carbocycles. The second-order valence-electron chi connectivity index (χ2n) is 8.00. The summed E-state index contributed by atoms with van der Waals surface area (Å²) in [7, 11) is -4.06. The maximum absolute atomic E-state index is 13.5. The van der Waals surface area contributed by atoms with Gasteiger partial charge >= 0.3 is 5.97 Å². The van der Waals surface area contributed by atoms with Crippen molar-refractivity contribution >= 4 is 44.7 Å². The lowest BCUT2D eigenvalue weighted by Gasteiger charge is -2.26. The molecule has 1 aliphatic rings. The average Bonchev–Trinajstić information content (AvgIpc) is 3.27. The van der Waals surface area contributed by atoms with Crippen LogP contribution in [-0.4, -0.2) is 36.6 Å². The van der Waals surface area contributed by atoms with E-state index >= 15 is 0 Å². The van der Waals surface area contributed by atoms with Crippen molar-refractivity contribution in [2.24, 2.45) is 0 Å². The lowest BCUT2D eigenvalue weighted by atomic mass is 10.1. The van der Waals surface area contributed by atoms with Gasteiger partial charge in [0.15, 0.2) is 21.2 Å². The number of aryl methyl sites for hydroxylation is 2. The Bertz CT molecular complexity index is 1220. The minimum atomic E-state index is -4.06. The van der Waals surface area contributed by atoms with E-state index in [1.54, 1.807) is 13.0 Å². The van der Waals surface area contributed by atoms with Gasteiger partial charge in [0.25, 0.3) is 11.6 Å². The first-order chi connectivity index (χ1) is 15.5. The highest BCUT2D eigenvalue weighted by molar-refractivity contribution is 7.93. The van der Waals surface area contributed by atoms with E-state index in [1.807, 2.05) is 6.92 Å². The Morgan fingerprint density at radius 3 is 2.39 bits per heavy atom. The highest BCUT2D eigenvalue weighted by atomic mass is 35.5. The van der Waals surface area contributed by atoms with E-state index in [2.05, 4.69) is 5.32 Å². The van der Waals surface area contributed by atoms with Gasteiger partial charge in [0, 0.05) is 11.8 Å². The number of rotatable bonds is 7. The number of ether oxygens (including phenoxy) is 1. The van der Waals surface area contributed by atoms with E-state index in [9.17, 15) is 28.1 Å². The van der Waals surface area contributed by atoms with Gasteiger partial charge in [0.05, 0.1) is 9.82 Å². The first-order valence-electron chi connectivity index (χ1n) is 10.2. The molecule has 0 aliphatic heterocycles. The molecule has 176 valence electrons. The van der Waals surface area contributed by atoms with Gasteiger partial charge in [-0.05, 0) is 62.1 Å². The van der Waals surface area contributed by atoms with Crippen LogP contribution in [0.15, 0.2) is 41.3 Å². The minimum Gasteiger partial charge on any atom is -0.454 e. The van der Waals surface area contributed by atoms with Gasteiger partial charge in [0.1, 0.15) is 5.02 Å². The van der Waals surface area contributed by atoms with Crippen LogP contribution < -0.4 is 5.32 Å². The lowest BCUT2D eigenvalue weighted by Crippen LogP contribution is -2.46. The van der Waals surface area contributed by atoms with Crippen molar-refractivity contribution in [1.29, 1.82) is 0 Å². The number of hydrogen-bond acceptors (Lipinski definition) is 7. The second kappa shape index (κ2) is 9.48. The van der Waals surface area contributed by atoms with E-state index in [-0.39, 0.29) is 28.4 Å². The average molecular weight is 495 g/mol. The topological polar surface area (TPSA) is 133 Å². The van der Waals surface area contributed by atoms with Crippen LogP contribution in [0.5, 0.6) is 0 Å². The highest BCUT2D eigenvalue weighted by Gasteiger charge is 2.54. The Hall–Kier alpha value is -2.98. The number of nitrogens with zero attached hydrogens (tertiary/aromatic N) is 1. The summed E-state index contributed by atoms with van der Waals surface area (Å²) in [5, 5.41) is 13.3. The quantitative estimate of drug-likeness (QED) is 0.347. The number of esters is 1. The van der Waals surface area contributed by atoms with Crippen LogP contribution >= 0.6 is 11.6 Å².